The van der Waals surface area contributed by atoms with Gasteiger partial charge in [-0.1, -0.05) is 18.2 Å². The second kappa shape index (κ2) is 5.47. The molecule has 0 spiro atoms. The van der Waals surface area contributed by atoms with Gasteiger partial charge in [-0.25, -0.2) is 10.6 Å². The van der Waals surface area contributed by atoms with Crippen molar-refractivity contribution in [2.75, 3.05) is 17.7 Å². The normalized spacial score (nSPS) is 9.57. The van der Waals surface area contributed by atoms with Crippen molar-refractivity contribution in [1.29, 1.82) is 0 Å². The summed E-state index contributed by atoms with van der Waals surface area (Å²) in [5.74, 6) is 5.73. The molecule has 1 rings (SSSR count). The van der Waals surface area contributed by atoms with E-state index in [0.717, 1.165) is 5.01 Å². The van der Waals surface area contributed by atoms with Gasteiger partial charge in [0, 0.05) is 11.6 Å². The molecule has 0 aliphatic heterocycles. The molecular formula is C9H12ClN3O. The fraction of sp³-hybridized carbons (Fsp3) is 0.222. The molecule has 0 saturated carbocycles. The third kappa shape index (κ3) is 3.24. The second-order valence-corrected chi connectivity index (χ2v) is 3.06. The average molecular weight is 214 g/mol. The fourth-order valence-electron chi connectivity index (χ4n) is 0.909. The molecule has 0 unspecified atom stereocenters. The highest BCUT2D eigenvalue weighted by molar-refractivity contribution is 6.18. The minimum absolute atomic E-state index is 0.318. The first kappa shape index (κ1) is 10.8. The van der Waals surface area contributed by atoms with Crippen LogP contribution in [0.2, 0.25) is 0 Å². The lowest BCUT2D eigenvalue weighted by Gasteiger charge is -2.15. The number of hydrazine groups is 1. The number of anilines is 1. The van der Waals surface area contributed by atoms with Gasteiger partial charge >= 0.3 is 6.03 Å². The van der Waals surface area contributed by atoms with Gasteiger partial charge in [0.2, 0.25) is 0 Å². The zero-order valence-electron chi connectivity index (χ0n) is 7.61. The first-order chi connectivity index (χ1) is 6.74. The smallest absolute Gasteiger partial charge is 0.307 e. The summed E-state index contributed by atoms with van der Waals surface area (Å²) >= 11 is 5.44. The summed E-state index contributed by atoms with van der Waals surface area (Å²) < 4.78 is 0. The molecule has 76 valence electrons. The standard InChI is InChI=1S/C9H12ClN3O/c10-6-7-13(11)9(14)12-8-4-2-1-3-5-8/h1-5H,6-7,11H2,(H,12,14). The zero-order valence-corrected chi connectivity index (χ0v) is 8.37. The fourth-order valence-corrected chi connectivity index (χ4v) is 1.09. The zero-order chi connectivity index (χ0) is 10.4. The number of benzene rings is 1. The molecule has 0 aliphatic rings. The summed E-state index contributed by atoms with van der Waals surface area (Å²) in [6.07, 6.45) is 0. The van der Waals surface area contributed by atoms with Crippen molar-refractivity contribution in [2.24, 2.45) is 5.84 Å². The number of urea groups is 1. The predicted molar refractivity (Wildman–Crippen MR) is 57.1 cm³/mol. The summed E-state index contributed by atoms with van der Waals surface area (Å²) in [4.78, 5) is 11.3. The number of nitrogens with zero attached hydrogens (tertiary/aromatic N) is 1. The van der Waals surface area contributed by atoms with Crippen LogP contribution in [0.1, 0.15) is 0 Å². The first-order valence-corrected chi connectivity index (χ1v) is 4.71. The largest absolute Gasteiger partial charge is 0.336 e. The number of halogens is 1. The number of hydrogen-bond donors (Lipinski definition) is 2. The van der Waals surface area contributed by atoms with Gasteiger partial charge in [0.1, 0.15) is 0 Å². The molecular weight excluding hydrogens is 202 g/mol. The van der Waals surface area contributed by atoms with E-state index in [1.165, 1.54) is 0 Å². The molecule has 0 atom stereocenters. The summed E-state index contributed by atoms with van der Waals surface area (Å²) in [5, 5.41) is 3.67. The van der Waals surface area contributed by atoms with Crippen molar-refractivity contribution in [2.45, 2.75) is 0 Å². The highest BCUT2D eigenvalue weighted by Crippen LogP contribution is 2.05. The van der Waals surface area contributed by atoms with E-state index in [9.17, 15) is 4.79 Å². The molecule has 0 aromatic heterocycles. The van der Waals surface area contributed by atoms with E-state index in [2.05, 4.69) is 5.32 Å². The van der Waals surface area contributed by atoms with Crippen LogP contribution in [-0.4, -0.2) is 23.5 Å². The number of para-hydroxylation sites is 1. The minimum atomic E-state index is -0.364. The minimum Gasteiger partial charge on any atom is -0.307 e. The Bertz CT molecular complexity index is 291. The third-order valence-electron chi connectivity index (χ3n) is 1.61. The lowest BCUT2D eigenvalue weighted by molar-refractivity contribution is 0.216. The van der Waals surface area contributed by atoms with E-state index in [0.29, 0.717) is 18.1 Å². The van der Waals surface area contributed by atoms with Crippen LogP contribution in [-0.2, 0) is 0 Å². The quantitative estimate of drug-likeness (QED) is 0.347. The summed E-state index contributed by atoms with van der Waals surface area (Å²) in [5.41, 5.74) is 0.711. The van der Waals surface area contributed by atoms with Crippen LogP contribution in [0.5, 0.6) is 0 Å². The Kier molecular flexibility index (Phi) is 4.22. The van der Waals surface area contributed by atoms with Crippen LogP contribution < -0.4 is 11.2 Å². The van der Waals surface area contributed by atoms with E-state index >= 15 is 0 Å². The summed E-state index contributed by atoms with van der Waals surface area (Å²) in [7, 11) is 0. The summed E-state index contributed by atoms with van der Waals surface area (Å²) in [6, 6.07) is 8.74. The highest BCUT2D eigenvalue weighted by atomic mass is 35.5. The van der Waals surface area contributed by atoms with E-state index < -0.39 is 0 Å². The molecule has 0 radical (unpaired) electrons. The van der Waals surface area contributed by atoms with Crippen LogP contribution in [0.25, 0.3) is 0 Å². The Morgan fingerprint density at radius 1 is 1.43 bits per heavy atom. The van der Waals surface area contributed by atoms with E-state index in [1.54, 1.807) is 12.1 Å². The van der Waals surface area contributed by atoms with Gasteiger partial charge in [-0.3, -0.25) is 5.01 Å². The number of nitrogens with two attached hydrogens (primary N) is 1. The maximum atomic E-state index is 11.3. The number of rotatable bonds is 3. The van der Waals surface area contributed by atoms with Crippen molar-refractivity contribution in [3.63, 3.8) is 0 Å². The van der Waals surface area contributed by atoms with E-state index in [-0.39, 0.29) is 6.03 Å². The monoisotopic (exact) mass is 213 g/mol. The van der Waals surface area contributed by atoms with Crippen molar-refractivity contribution in [1.82, 2.24) is 5.01 Å². The van der Waals surface area contributed by atoms with Crippen LogP contribution in [0, 0.1) is 0 Å². The molecule has 14 heavy (non-hydrogen) atoms. The SMILES string of the molecule is NN(CCCl)C(=O)Nc1ccccc1. The van der Waals surface area contributed by atoms with Crippen molar-refractivity contribution in [3.8, 4) is 0 Å². The maximum absolute atomic E-state index is 11.3. The van der Waals surface area contributed by atoms with Gasteiger partial charge in [-0.15, -0.1) is 11.6 Å². The molecule has 4 nitrogen and oxygen atoms in total. The van der Waals surface area contributed by atoms with Gasteiger partial charge in [-0.05, 0) is 12.1 Å². The Morgan fingerprint density at radius 3 is 2.64 bits per heavy atom. The Hall–Kier alpha value is -1.26. The molecule has 1 aromatic rings. The van der Waals surface area contributed by atoms with Gasteiger partial charge in [0.25, 0.3) is 0 Å². The highest BCUT2D eigenvalue weighted by Gasteiger charge is 2.07. The first-order valence-electron chi connectivity index (χ1n) is 4.18. The van der Waals surface area contributed by atoms with Crippen molar-refractivity contribution < 1.29 is 4.79 Å². The topological polar surface area (TPSA) is 58.4 Å². The Labute approximate surface area is 87.6 Å². The van der Waals surface area contributed by atoms with Gasteiger partial charge in [0.15, 0.2) is 0 Å². The molecule has 0 saturated heterocycles. The number of alkyl halides is 1. The third-order valence-corrected chi connectivity index (χ3v) is 1.78. The molecule has 2 amide bonds. The van der Waals surface area contributed by atoms with Gasteiger partial charge < -0.3 is 5.32 Å². The number of carbonyl (C=O) groups excluding carboxylic acids is 1. The lowest BCUT2D eigenvalue weighted by atomic mass is 10.3. The van der Waals surface area contributed by atoms with E-state index in [4.69, 9.17) is 17.4 Å². The van der Waals surface area contributed by atoms with Gasteiger partial charge in [0.05, 0.1) is 6.54 Å². The molecule has 3 N–H and O–H groups in total. The molecule has 0 heterocycles. The molecule has 5 heteroatoms. The lowest BCUT2D eigenvalue weighted by Crippen LogP contribution is -2.41. The number of hydrogen-bond acceptors (Lipinski definition) is 2. The van der Waals surface area contributed by atoms with Crippen LogP contribution in [0.4, 0.5) is 10.5 Å². The Morgan fingerprint density at radius 2 is 2.07 bits per heavy atom. The van der Waals surface area contributed by atoms with E-state index in [1.807, 2.05) is 18.2 Å². The van der Waals surface area contributed by atoms with Crippen molar-refractivity contribution >= 4 is 23.3 Å². The second-order valence-electron chi connectivity index (χ2n) is 2.68. The molecule has 0 bridgehead atoms. The maximum Gasteiger partial charge on any atom is 0.336 e. The van der Waals surface area contributed by atoms with Crippen LogP contribution in [0.3, 0.4) is 0 Å². The number of carbonyl (C=O) groups is 1. The van der Waals surface area contributed by atoms with Crippen LogP contribution in [0.15, 0.2) is 30.3 Å². The molecule has 0 fully saturated rings. The predicted octanol–water partition coefficient (Wildman–Crippen LogP) is 1.63. The van der Waals surface area contributed by atoms with Crippen LogP contribution >= 0.6 is 11.6 Å². The van der Waals surface area contributed by atoms with Gasteiger partial charge in [-0.2, -0.15) is 0 Å². The number of amides is 2. The average Bonchev–Trinajstić information content (AvgIpc) is 2.19. The van der Waals surface area contributed by atoms with Crippen molar-refractivity contribution in [3.05, 3.63) is 30.3 Å². The summed E-state index contributed by atoms with van der Waals surface area (Å²) in [6.45, 7) is 0.320. The Balaban J connectivity index is 2.49. The molecule has 0 aliphatic carbocycles. The molecule has 1 aromatic carbocycles. The number of nitrogens with one attached hydrogen (secondary N) is 1.